The molecule has 4 aromatic rings. The highest BCUT2D eigenvalue weighted by molar-refractivity contribution is 6.24. The maximum atomic E-state index is 12.3. The van der Waals surface area contributed by atoms with Crippen LogP contribution in [0.4, 0.5) is 5.82 Å². The lowest BCUT2D eigenvalue weighted by atomic mass is 10.0. The van der Waals surface area contributed by atoms with Crippen molar-refractivity contribution in [1.82, 2.24) is 9.97 Å². The summed E-state index contributed by atoms with van der Waals surface area (Å²) >= 11 is 0. The van der Waals surface area contributed by atoms with Gasteiger partial charge in [0.15, 0.2) is 0 Å². The molecule has 148 valence electrons. The van der Waals surface area contributed by atoms with Crippen molar-refractivity contribution in [3.63, 3.8) is 0 Å². The number of fused-ring (bicyclic) bond motifs is 1. The fraction of sp³-hybridized carbons (Fsp3) is 0.0417. The van der Waals surface area contributed by atoms with E-state index < -0.39 is 5.91 Å². The molecule has 0 atom stereocenters. The zero-order valence-electron chi connectivity index (χ0n) is 16.1. The van der Waals surface area contributed by atoms with Gasteiger partial charge in [-0.15, -0.1) is 0 Å². The molecule has 0 radical (unpaired) electrons. The summed E-state index contributed by atoms with van der Waals surface area (Å²) in [7, 11) is 0. The number of primary amides is 1. The number of nitrogens with two attached hydrogens (primary N) is 1. The Morgan fingerprint density at radius 3 is 2.37 bits per heavy atom. The lowest BCUT2D eigenvalue weighted by Crippen LogP contribution is -2.15. The van der Waals surface area contributed by atoms with Crippen LogP contribution >= 0.6 is 0 Å². The summed E-state index contributed by atoms with van der Waals surface area (Å²) in [6.45, 7) is 0. The largest absolute Gasteiger partial charge is 0.366 e. The van der Waals surface area contributed by atoms with Gasteiger partial charge in [-0.05, 0) is 29.3 Å². The van der Waals surface area contributed by atoms with Gasteiger partial charge in [-0.25, -0.2) is 4.98 Å². The van der Waals surface area contributed by atoms with E-state index in [9.17, 15) is 9.59 Å². The number of benzene rings is 2. The highest BCUT2D eigenvalue weighted by Gasteiger charge is 2.12. The Morgan fingerprint density at radius 2 is 1.67 bits per heavy atom. The average Bonchev–Trinajstić information content (AvgIpc) is 3.15. The van der Waals surface area contributed by atoms with Gasteiger partial charge in [0, 0.05) is 22.7 Å². The summed E-state index contributed by atoms with van der Waals surface area (Å²) in [4.78, 5) is 31.8. The zero-order chi connectivity index (χ0) is 20.9. The number of hydrogen-bond acceptors (Lipinski definition) is 3. The van der Waals surface area contributed by atoms with Crippen LogP contribution in [0.5, 0.6) is 0 Å². The number of carbonyl (C=O) groups excluding carboxylic acids is 2. The molecule has 0 saturated carbocycles. The van der Waals surface area contributed by atoms with Crippen LogP contribution in [0.25, 0.3) is 22.7 Å². The van der Waals surface area contributed by atoms with Gasteiger partial charge in [0.05, 0.1) is 6.42 Å². The minimum absolute atomic E-state index is 0.139. The van der Waals surface area contributed by atoms with Crippen LogP contribution < -0.4 is 11.1 Å². The molecule has 0 saturated heterocycles. The smallest absolute Gasteiger partial charge is 0.249 e. The van der Waals surface area contributed by atoms with Gasteiger partial charge in [0.25, 0.3) is 0 Å². The standard InChI is InChI=1S/C24H20N4O2/c25-23(30)20(17-9-5-2-6-10-17)14-18-15-26-24-19(18)11-12-21(28-24)27-22(29)13-16-7-3-1-4-8-16/h1-12,14-15H,13H2,(H2,25,30)(H2,26,27,28,29)/b20-14-. The third kappa shape index (κ3) is 4.28. The molecule has 0 spiro atoms. The zero-order valence-corrected chi connectivity index (χ0v) is 16.1. The van der Waals surface area contributed by atoms with E-state index in [4.69, 9.17) is 5.73 Å². The van der Waals surface area contributed by atoms with Crippen molar-refractivity contribution in [2.24, 2.45) is 5.73 Å². The highest BCUT2D eigenvalue weighted by Crippen LogP contribution is 2.24. The number of carbonyl (C=O) groups is 2. The van der Waals surface area contributed by atoms with Crippen molar-refractivity contribution >= 4 is 40.3 Å². The fourth-order valence-electron chi connectivity index (χ4n) is 3.25. The number of rotatable bonds is 6. The topological polar surface area (TPSA) is 101 Å². The predicted molar refractivity (Wildman–Crippen MR) is 118 cm³/mol. The second kappa shape index (κ2) is 8.45. The molecule has 30 heavy (non-hydrogen) atoms. The van der Waals surface area contributed by atoms with E-state index in [0.717, 1.165) is 22.1 Å². The minimum Gasteiger partial charge on any atom is -0.366 e. The van der Waals surface area contributed by atoms with Gasteiger partial charge in [0.2, 0.25) is 11.8 Å². The molecule has 2 heterocycles. The number of nitrogens with zero attached hydrogens (tertiary/aromatic N) is 1. The number of aromatic amines is 1. The highest BCUT2D eigenvalue weighted by atomic mass is 16.2. The molecular formula is C24H20N4O2. The minimum atomic E-state index is -0.506. The summed E-state index contributed by atoms with van der Waals surface area (Å²) < 4.78 is 0. The Hall–Kier alpha value is -4.19. The molecule has 4 N–H and O–H groups in total. The third-order valence-corrected chi connectivity index (χ3v) is 4.70. The molecule has 0 aliphatic rings. The number of aromatic nitrogens is 2. The van der Waals surface area contributed by atoms with E-state index in [1.165, 1.54) is 0 Å². The van der Waals surface area contributed by atoms with Crippen molar-refractivity contribution in [3.8, 4) is 0 Å². The van der Waals surface area contributed by atoms with Crippen LogP contribution in [0.3, 0.4) is 0 Å². The summed E-state index contributed by atoms with van der Waals surface area (Å²) in [5.74, 6) is -0.188. The first kappa shape index (κ1) is 19.1. The van der Waals surface area contributed by atoms with E-state index in [1.807, 2.05) is 66.7 Å². The van der Waals surface area contributed by atoms with Gasteiger partial charge in [-0.2, -0.15) is 0 Å². The lowest BCUT2D eigenvalue weighted by Gasteiger charge is -2.05. The van der Waals surface area contributed by atoms with Crippen molar-refractivity contribution in [1.29, 1.82) is 0 Å². The van der Waals surface area contributed by atoms with Gasteiger partial charge >= 0.3 is 0 Å². The van der Waals surface area contributed by atoms with Crippen LogP contribution in [-0.2, 0) is 16.0 Å². The Kier molecular flexibility index (Phi) is 5.39. The summed E-state index contributed by atoms with van der Waals surface area (Å²) in [5, 5.41) is 3.64. The molecule has 2 amide bonds. The monoisotopic (exact) mass is 396 g/mol. The van der Waals surface area contributed by atoms with Crippen LogP contribution in [0.15, 0.2) is 79.0 Å². The second-order valence-corrected chi connectivity index (χ2v) is 6.84. The van der Waals surface area contributed by atoms with Crippen LogP contribution in [0.2, 0.25) is 0 Å². The van der Waals surface area contributed by atoms with Crippen LogP contribution in [0.1, 0.15) is 16.7 Å². The SMILES string of the molecule is NC(=O)/C(=C\c1c[nH]c2nc(NC(=O)Cc3ccccc3)ccc12)c1ccccc1. The predicted octanol–water partition coefficient (Wildman–Crippen LogP) is 3.77. The Bertz CT molecular complexity index is 1230. The molecule has 0 fully saturated rings. The summed E-state index contributed by atoms with van der Waals surface area (Å²) in [5.41, 5.74) is 9.08. The number of H-pyrrole nitrogens is 1. The molecule has 2 aromatic heterocycles. The number of pyridine rings is 1. The van der Waals surface area contributed by atoms with E-state index >= 15 is 0 Å². The molecule has 6 nitrogen and oxygen atoms in total. The van der Waals surface area contributed by atoms with E-state index in [0.29, 0.717) is 17.0 Å². The molecule has 0 aliphatic heterocycles. The number of nitrogens with one attached hydrogen (secondary N) is 2. The van der Waals surface area contributed by atoms with Crippen molar-refractivity contribution in [2.45, 2.75) is 6.42 Å². The Balaban J connectivity index is 1.58. The van der Waals surface area contributed by atoms with E-state index in [1.54, 1.807) is 18.3 Å². The second-order valence-electron chi connectivity index (χ2n) is 6.84. The van der Waals surface area contributed by atoms with Crippen molar-refractivity contribution < 1.29 is 9.59 Å². The van der Waals surface area contributed by atoms with Crippen molar-refractivity contribution in [2.75, 3.05) is 5.32 Å². The molecule has 4 rings (SSSR count). The molecule has 0 bridgehead atoms. The van der Waals surface area contributed by atoms with E-state index in [2.05, 4.69) is 15.3 Å². The first-order valence-electron chi connectivity index (χ1n) is 9.49. The number of anilines is 1. The maximum absolute atomic E-state index is 12.3. The van der Waals surface area contributed by atoms with Gasteiger partial charge in [-0.3, -0.25) is 9.59 Å². The van der Waals surface area contributed by atoms with Gasteiger partial charge in [-0.1, -0.05) is 60.7 Å². The molecule has 0 aliphatic carbocycles. The lowest BCUT2D eigenvalue weighted by molar-refractivity contribution is -0.115. The van der Waals surface area contributed by atoms with Crippen LogP contribution in [-0.4, -0.2) is 21.8 Å². The molecule has 6 heteroatoms. The van der Waals surface area contributed by atoms with E-state index in [-0.39, 0.29) is 12.3 Å². The number of hydrogen-bond donors (Lipinski definition) is 3. The quantitative estimate of drug-likeness (QED) is 0.433. The van der Waals surface area contributed by atoms with Gasteiger partial charge in [0.1, 0.15) is 11.5 Å². The Morgan fingerprint density at radius 1 is 0.967 bits per heavy atom. The average molecular weight is 396 g/mol. The van der Waals surface area contributed by atoms with Crippen molar-refractivity contribution in [3.05, 3.63) is 95.7 Å². The number of amides is 2. The first-order chi connectivity index (χ1) is 14.6. The molecule has 2 aromatic carbocycles. The third-order valence-electron chi connectivity index (χ3n) is 4.70. The maximum Gasteiger partial charge on any atom is 0.249 e. The fourth-order valence-corrected chi connectivity index (χ4v) is 3.25. The first-order valence-corrected chi connectivity index (χ1v) is 9.49. The molecular weight excluding hydrogens is 376 g/mol. The van der Waals surface area contributed by atoms with Gasteiger partial charge < -0.3 is 16.0 Å². The normalized spacial score (nSPS) is 11.4. The summed E-state index contributed by atoms with van der Waals surface area (Å²) in [6.07, 6.45) is 3.78. The summed E-state index contributed by atoms with van der Waals surface area (Å²) in [6, 6.07) is 22.4. The Labute approximate surface area is 173 Å². The van der Waals surface area contributed by atoms with Crippen LogP contribution in [0, 0.1) is 0 Å². The molecule has 0 unspecified atom stereocenters.